The third kappa shape index (κ3) is 4.27. The Morgan fingerprint density at radius 1 is 1.14 bits per heavy atom. The van der Waals surface area contributed by atoms with Crippen LogP contribution in [0.5, 0.6) is 17.2 Å². The average molecular weight is 510 g/mol. The number of halogens is 3. The number of amides is 1. The van der Waals surface area contributed by atoms with E-state index in [-0.39, 0.29) is 45.1 Å². The topological polar surface area (TPSA) is 78.3 Å². The van der Waals surface area contributed by atoms with Crippen LogP contribution >= 0.6 is 23.2 Å². The van der Waals surface area contributed by atoms with Gasteiger partial charge in [-0.25, -0.2) is 4.39 Å². The van der Waals surface area contributed by atoms with Crippen molar-refractivity contribution >= 4 is 40.0 Å². The van der Waals surface area contributed by atoms with Crippen LogP contribution < -0.4 is 9.47 Å². The minimum absolute atomic E-state index is 0.0370. The first-order valence-electron chi connectivity index (χ1n) is 10.7. The molecule has 5 rings (SSSR count). The fraction of sp³-hybridized carbons (Fsp3) is 0.154. The second kappa shape index (κ2) is 9.14. The van der Waals surface area contributed by atoms with Gasteiger partial charge in [-0.2, -0.15) is 5.26 Å². The van der Waals surface area contributed by atoms with E-state index in [4.69, 9.17) is 37.9 Å². The van der Waals surface area contributed by atoms with Crippen molar-refractivity contribution in [1.29, 1.82) is 5.26 Å². The Morgan fingerprint density at radius 3 is 2.74 bits per heavy atom. The van der Waals surface area contributed by atoms with Crippen LogP contribution in [0.4, 0.5) is 4.39 Å². The molecule has 3 aromatic carbocycles. The van der Waals surface area contributed by atoms with Crippen molar-refractivity contribution in [2.24, 2.45) is 0 Å². The van der Waals surface area contributed by atoms with E-state index >= 15 is 4.39 Å². The highest BCUT2D eigenvalue weighted by Crippen LogP contribution is 2.36. The first-order valence-corrected chi connectivity index (χ1v) is 11.5. The van der Waals surface area contributed by atoms with Gasteiger partial charge in [-0.1, -0.05) is 29.3 Å². The van der Waals surface area contributed by atoms with Gasteiger partial charge in [-0.3, -0.25) is 4.79 Å². The van der Waals surface area contributed by atoms with Gasteiger partial charge in [0, 0.05) is 34.6 Å². The number of nitrogens with one attached hydrogen (secondary N) is 1. The Balaban J connectivity index is 1.43. The molecular formula is C26H18Cl2FN3O3. The van der Waals surface area contributed by atoms with E-state index in [0.717, 1.165) is 16.5 Å². The quantitative estimate of drug-likeness (QED) is 0.333. The second-order valence-corrected chi connectivity index (χ2v) is 8.95. The van der Waals surface area contributed by atoms with Gasteiger partial charge in [-0.15, -0.1) is 0 Å². The standard InChI is InChI=1S/C26H18Cl2FN3O3/c1-34-17-3-5-22-20(11-17)19-6-7-32(26(33)24(19)31-22)13-15-2-4-21(28)25(23(15)29)35-18-9-14(12-30)8-16(27)10-18/h2-5,8-11,31H,6-7,13H2,1H3. The highest BCUT2D eigenvalue weighted by Gasteiger charge is 2.29. The number of fused-ring (bicyclic) bond motifs is 3. The van der Waals surface area contributed by atoms with Crippen LogP contribution in [0, 0.1) is 17.1 Å². The van der Waals surface area contributed by atoms with Crippen LogP contribution in [0.15, 0.2) is 48.5 Å². The van der Waals surface area contributed by atoms with Gasteiger partial charge >= 0.3 is 0 Å². The molecule has 0 spiro atoms. The molecule has 1 aliphatic rings. The van der Waals surface area contributed by atoms with E-state index in [1.54, 1.807) is 12.0 Å². The largest absolute Gasteiger partial charge is 0.497 e. The highest BCUT2D eigenvalue weighted by atomic mass is 35.5. The molecule has 176 valence electrons. The summed E-state index contributed by atoms with van der Waals surface area (Å²) in [6, 6.07) is 15.0. The number of benzene rings is 3. The van der Waals surface area contributed by atoms with Crippen LogP contribution in [-0.4, -0.2) is 29.4 Å². The summed E-state index contributed by atoms with van der Waals surface area (Å²) in [5, 5.41) is 10.4. The molecule has 0 bridgehead atoms. The van der Waals surface area contributed by atoms with Gasteiger partial charge in [0.2, 0.25) is 0 Å². The maximum atomic E-state index is 15.5. The highest BCUT2D eigenvalue weighted by molar-refractivity contribution is 6.32. The first kappa shape index (κ1) is 23.0. The lowest BCUT2D eigenvalue weighted by atomic mass is 10.0. The van der Waals surface area contributed by atoms with Crippen LogP contribution in [0.3, 0.4) is 0 Å². The molecule has 0 saturated carbocycles. The van der Waals surface area contributed by atoms with E-state index in [9.17, 15) is 4.79 Å². The first-order chi connectivity index (χ1) is 16.9. The van der Waals surface area contributed by atoms with E-state index in [1.165, 1.54) is 30.3 Å². The monoisotopic (exact) mass is 509 g/mol. The van der Waals surface area contributed by atoms with Crippen LogP contribution in [-0.2, 0) is 13.0 Å². The van der Waals surface area contributed by atoms with E-state index in [1.807, 2.05) is 24.3 Å². The predicted molar refractivity (Wildman–Crippen MR) is 131 cm³/mol. The summed E-state index contributed by atoms with van der Waals surface area (Å²) in [5.41, 5.74) is 2.79. The minimum Gasteiger partial charge on any atom is -0.497 e. The molecule has 0 saturated heterocycles. The number of carbonyl (C=O) groups excluding carboxylic acids is 1. The Kier molecular flexibility index (Phi) is 6.01. The number of hydrogen-bond donors (Lipinski definition) is 1. The van der Waals surface area contributed by atoms with Crippen molar-refractivity contribution in [3.05, 3.63) is 86.8 Å². The van der Waals surface area contributed by atoms with Crippen LogP contribution in [0.2, 0.25) is 10.0 Å². The summed E-state index contributed by atoms with van der Waals surface area (Å²) in [7, 11) is 1.60. The number of ether oxygens (including phenoxy) is 2. The van der Waals surface area contributed by atoms with Crippen LogP contribution in [0.1, 0.15) is 27.2 Å². The molecule has 1 aromatic heterocycles. The Bertz CT molecular complexity index is 1530. The SMILES string of the molecule is COc1ccc2[nH]c3c(c2c1)CCN(Cc1ccc(Cl)c(Oc2cc(Cl)cc(C#N)c2)c1F)C3=O. The van der Waals surface area contributed by atoms with Crippen molar-refractivity contribution in [3.63, 3.8) is 0 Å². The third-order valence-corrected chi connectivity index (χ3v) is 6.47. The molecule has 35 heavy (non-hydrogen) atoms. The lowest BCUT2D eigenvalue weighted by Gasteiger charge is -2.27. The normalized spacial score (nSPS) is 13.0. The number of nitrogens with zero attached hydrogens (tertiary/aromatic N) is 2. The number of aromatic amines is 1. The summed E-state index contributed by atoms with van der Waals surface area (Å²) in [6.45, 7) is 0.462. The fourth-order valence-electron chi connectivity index (χ4n) is 4.25. The van der Waals surface area contributed by atoms with Gasteiger partial charge in [0.05, 0.1) is 23.8 Å². The molecule has 0 unspecified atom stereocenters. The van der Waals surface area contributed by atoms with Gasteiger partial charge < -0.3 is 19.4 Å². The van der Waals surface area contributed by atoms with Crippen molar-refractivity contribution in [3.8, 4) is 23.3 Å². The third-order valence-electron chi connectivity index (χ3n) is 5.96. The molecule has 9 heteroatoms. The molecule has 0 radical (unpaired) electrons. The number of methoxy groups -OCH3 is 1. The molecule has 1 amide bonds. The second-order valence-electron chi connectivity index (χ2n) is 8.11. The molecule has 0 atom stereocenters. The van der Waals surface area contributed by atoms with Gasteiger partial charge in [0.15, 0.2) is 11.6 Å². The lowest BCUT2D eigenvalue weighted by molar-refractivity contribution is 0.0720. The lowest BCUT2D eigenvalue weighted by Crippen LogP contribution is -2.37. The zero-order chi connectivity index (χ0) is 24.7. The summed E-state index contributed by atoms with van der Waals surface area (Å²) >= 11 is 12.2. The number of nitriles is 1. The summed E-state index contributed by atoms with van der Waals surface area (Å²) in [5.74, 6) is -0.202. The van der Waals surface area contributed by atoms with Crippen molar-refractivity contribution in [2.75, 3.05) is 13.7 Å². The maximum absolute atomic E-state index is 15.5. The molecule has 4 aromatic rings. The molecule has 1 aliphatic heterocycles. The summed E-state index contributed by atoms with van der Waals surface area (Å²) in [4.78, 5) is 18.0. The molecule has 2 heterocycles. The Labute approximate surface area is 210 Å². The molecule has 0 fully saturated rings. The minimum atomic E-state index is -0.684. The number of hydrogen-bond acceptors (Lipinski definition) is 4. The van der Waals surface area contributed by atoms with Gasteiger partial charge in [-0.05, 0) is 54.4 Å². The zero-order valence-corrected chi connectivity index (χ0v) is 20.0. The predicted octanol–water partition coefficient (Wildman–Crippen LogP) is 6.48. The van der Waals surface area contributed by atoms with Crippen molar-refractivity contribution in [1.82, 2.24) is 9.88 Å². The van der Waals surface area contributed by atoms with Crippen molar-refractivity contribution < 1.29 is 18.7 Å². The summed E-state index contributed by atoms with van der Waals surface area (Å²) < 4.78 is 26.4. The average Bonchev–Trinajstić information content (AvgIpc) is 3.23. The van der Waals surface area contributed by atoms with E-state index < -0.39 is 5.82 Å². The Hall–Kier alpha value is -3.73. The van der Waals surface area contributed by atoms with Gasteiger partial charge in [0.1, 0.15) is 17.2 Å². The number of H-pyrrole nitrogens is 1. The number of rotatable bonds is 5. The number of carbonyl (C=O) groups is 1. The molecule has 1 N–H and O–H groups in total. The molecular weight excluding hydrogens is 492 g/mol. The van der Waals surface area contributed by atoms with E-state index in [0.29, 0.717) is 24.4 Å². The van der Waals surface area contributed by atoms with Gasteiger partial charge in [0.25, 0.3) is 5.91 Å². The van der Waals surface area contributed by atoms with Crippen molar-refractivity contribution in [2.45, 2.75) is 13.0 Å². The molecule has 0 aliphatic carbocycles. The van der Waals surface area contributed by atoms with Crippen LogP contribution in [0.25, 0.3) is 10.9 Å². The van der Waals surface area contributed by atoms with E-state index in [2.05, 4.69) is 4.98 Å². The number of aromatic nitrogens is 1. The maximum Gasteiger partial charge on any atom is 0.270 e. The zero-order valence-electron chi connectivity index (χ0n) is 18.5. The molecule has 6 nitrogen and oxygen atoms in total. The summed E-state index contributed by atoms with van der Waals surface area (Å²) in [6.07, 6.45) is 0.617. The fourth-order valence-corrected chi connectivity index (χ4v) is 4.66. The Morgan fingerprint density at radius 2 is 1.97 bits per heavy atom. The smallest absolute Gasteiger partial charge is 0.270 e.